The number of rotatable bonds is 5. The number of nitrogens with zero attached hydrogens (tertiary/aromatic N) is 3. The Morgan fingerprint density at radius 3 is 2.70 bits per heavy atom. The van der Waals surface area contributed by atoms with Crippen LogP contribution in [-0.4, -0.2) is 26.2 Å². The number of carbonyl (C=O) groups excluding carboxylic acids is 1. The molecular formula is C25H24N4O2S2. The maximum absolute atomic E-state index is 12.9. The van der Waals surface area contributed by atoms with Crippen LogP contribution >= 0.6 is 23.1 Å². The zero-order valence-corrected chi connectivity index (χ0v) is 20.3. The van der Waals surface area contributed by atoms with E-state index in [9.17, 15) is 9.59 Å². The van der Waals surface area contributed by atoms with Crippen LogP contribution < -0.4 is 10.9 Å². The molecule has 5 rings (SSSR count). The Balaban J connectivity index is 1.29. The molecule has 2 aromatic carbocycles. The summed E-state index contributed by atoms with van der Waals surface area (Å²) in [5.41, 5.74) is 5.47. The van der Waals surface area contributed by atoms with Crippen LogP contribution in [0.4, 0.5) is 5.69 Å². The topological polar surface area (TPSA) is 76.9 Å². The molecule has 8 heteroatoms. The smallest absolute Gasteiger partial charge is 0.257 e. The number of hydrogen-bond acceptors (Lipinski definition) is 6. The number of aromatic nitrogens is 3. The van der Waals surface area contributed by atoms with Gasteiger partial charge in [-0.05, 0) is 62.2 Å². The Morgan fingerprint density at radius 1 is 1.15 bits per heavy atom. The molecule has 2 aromatic heterocycles. The predicted octanol–water partition coefficient (Wildman–Crippen LogP) is 5.37. The minimum atomic E-state index is -0.179. The maximum Gasteiger partial charge on any atom is 0.257 e. The summed E-state index contributed by atoms with van der Waals surface area (Å²) in [5.74, 6) is 0.570. The van der Waals surface area contributed by atoms with Crippen LogP contribution in [0, 0.1) is 13.8 Å². The number of thiazole rings is 1. The average Bonchev–Trinajstić information content (AvgIpc) is 3.38. The van der Waals surface area contributed by atoms with Crippen molar-refractivity contribution >= 4 is 44.9 Å². The van der Waals surface area contributed by atoms with Crippen molar-refractivity contribution in [3.05, 3.63) is 69.6 Å². The molecule has 1 aliphatic rings. The molecule has 0 fully saturated rings. The van der Waals surface area contributed by atoms with Gasteiger partial charge in [0.25, 0.3) is 5.56 Å². The van der Waals surface area contributed by atoms with Gasteiger partial charge in [-0.2, -0.15) is 0 Å². The van der Waals surface area contributed by atoms with Crippen LogP contribution in [-0.2, 0) is 11.2 Å². The Kier molecular flexibility index (Phi) is 5.80. The number of nitrogens with one attached hydrogen (secondary N) is 1. The van der Waals surface area contributed by atoms with Crippen molar-refractivity contribution in [2.75, 3.05) is 11.1 Å². The molecule has 0 aliphatic carbocycles. The van der Waals surface area contributed by atoms with Gasteiger partial charge in [-0.1, -0.05) is 24.8 Å². The largest absolute Gasteiger partial charge is 0.326 e. The molecule has 3 heterocycles. The highest BCUT2D eigenvalue weighted by Gasteiger charge is 2.29. The van der Waals surface area contributed by atoms with Gasteiger partial charge < -0.3 is 5.32 Å². The summed E-state index contributed by atoms with van der Waals surface area (Å²) in [4.78, 5) is 34.9. The zero-order valence-electron chi connectivity index (χ0n) is 18.7. The summed E-state index contributed by atoms with van der Waals surface area (Å²) >= 11 is 3.21. The highest BCUT2D eigenvalue weighted by molar-refractivity contribution is 7.99. The lowest BCUT2D eigenvalue weighted by Gasteiger charge is -2.15. The Labute approximate surface area is 200 Å². The van der Waals surface area contributed by atoms with E-state index in [4.69, 9.17) is 4.98 Å². The highest BCUT2D eigenvalue weighted by atomic mass is 32.2. The van der Waals surface area contributed by atoms with Gasteiger partial charge in [0.1, 0.15) is 5.01 Å². The van der Waals surface area contributed by atoms with Crippen LogP contribution in [0.2, 0.25) is 0 Å². The third-order valence-electron chi connectivity index (χ3n) is 5.89. The van der Waals surface area contributed by atoms with E-state index in [-0.39, 0.29) is 23.9 Å². The van der Waals surface area contributed by atoms with Gasteiger partial charge in [-0.15, -0.1) is 11.3 Å². The van der Waals surface area contributed by atoms with E-state index in [1.54, 1.807) is 15.9 Å². The van der Waals surface area contributed by atoms with Crippen molar-refractivity contribution in [3.8, 4) is 10.6 Å². The van der Waals surface area contributed by atoms with Gasteiger partial charge in [0.05, 0.1) is 16.3 Å². The number of amides is 1. The maximum atomic E-state index is 12.9. The van der Waals surface area contributed by atoms with Gasteiger partial charge in [-0.25, -0.2) is 9.97 Å². The first-order chi connectivity index (χ1) is 15.9. The molecule has 0 bridgehead atoms. The van der Waals surface area contributed by atoms with Crippen LogP contribution in [0.25, 0.3) is 20.8 Å². The fourth-order valence-electron chi connectivity index (χ4n) is 4.16. The summed E-state index contributed by atoms with van der Waals surface area (Å²) < 4.78 is 2.87. The molecule has 33 heavy (non-hydrogen) atoms. The molecule has 0 saturated heterocycles. The SMILES string of the molecule is CCc1c(C)nc2n(c1=O)C(CC(=O)Nc1ccc(-c3nc4ccc(C)cc4s3)cc1)CS2. The van der Waals surface area contributed by atoms with E-state index in [2.05, 4.69) is 29.4 Å². The van der Waals surface area contributed by atoms with Gasteiger partial charge in [-0.3, -0.25) is 14.2 Å². The summed E-state index contributed by atoms with van der Waals surface area (Å²) in [6.45, 7) is 5.91. The fraction of sp³-hybridized carbons (Fsp3) is 0.280. The van der Waals surface area contributed by atoms with E-state index in [0.717, 1.165) is 33.0 Å². The molecule has 1 unspecified atom stereocenters. The monoisotopic (exact) mass is 476 g/mol. The normalized spacial score (nSPS) is 15.1. The lowest BCUT2D eigenvalue weighted by Crippen LogP contribution is -2.30. The molecule has 1 aliphatic heterocycles. The second-order valence-electron chi connectivity index (χ2n) is 8.27. The van der Waals surface area contributed by atoms with Crippen LogP contribution in [0.15, 0.2) is 52.4 Å². The second kappa shape index (κ2) is 8.76. The summed E-state index contributed by atoms with van der Waals surface area (Å²) in [6.07, 6.45) is 0.884. The van der Waals surface area contributed by atoms with E-state index in [1.807, 2.05) is 44.2 Å². The Morgan fingerprint density at radius 2 is 1.94 bits per heavy atom. The molecule has 4 aromatic rings. The van der Waals surface area contributed by atoms with Crippen molar-refractivity contribution in [2.45, 2.75) is 44.8 Å². The van der Waals surface area contributed by atoms with Crippen LogP contribution in [0.5, 0.6) is 0 Å². The minimum Gasteiger partial charge on any atom is -0.326 e. The summed E-state index contributed by atoms with van der Waals surface area (Å²) in [6, 6.07) is 13.8. The highest BCUT2D eigenvalue weighted by Crippen LogP contribution is 2.33. The standard InChI is InChI=1S/C25H24N4O2S2/c1-4-19-15(3)26-25-29(24(19)31)18(13-32-25)12-22(30)27-17-8-6-16(7-9-17)23-28-20-10-5-14(2)11-21(20)33-23/h5-11,18H,4,12-13H2,1-3H3,(H,27,30). The van der Waals surface area contributed by atoms with Gasteiger partial charge in [0.2, 0.25) is 5.91 Å². The predicted molar refractivity (Wildman–Crippen MR) is 135 cm³/mol. The first-order valence-corrected chi connectivity index (χ1v) is 12.8. The lowest BCUT2D eigenvalue weighted by atomic mass is 10.1. The van der Waals surface area contributed by atoms with Crippen molar-refractivity contribution in [1.82, 2.24) is 14.5 Å². The quantitative estimate of drug-likeness (QED) is 0.392. The molecule has 1 N–H and O–H groups in total. The number of benzene rings is 2. The van der Waals surface area contributed by atoms with Crippen LogP contribution in [0.1, 0.15) is 36.2 Å². The molecule has 6 nitrogen and oxygen atoms in total. The van der Waals surface area contributed by atoms with E-state index in [1.165, 1.54) is 22.0 Å². The van der Waals surface area contributed by atoms with Gasteiger partial charge in [0.15, 0.2) is 5.16 Å². The molecule has 168 valence electrons. The number of carbonyl (C=O) groups is 1. The fourth-order valence-corrected chi connectivity index (χ4v) is 6.41. The second-order valence-corrected chi connectivity index (χ2v) is 10.3. The van der Waals surface area contributed by atoms with Crippen molar-refractivity contribution in [3.63, 3.8) is 0 Å². The molecular weight excluding hydrogens is 452 g/mol. The number of aryl methyl sites for hydroxylation is 2. The van der Waals surface area contributed by atoms with Crippen molar-refractivity contribution in [2.24, 2.45) is 0 Å². The summed E-state index contributed by atoms with van der Waals surface area (Å²) in [5, 5.41) is 4.64. The molecule has 1 atom stereocenters. The number of hydrogen-bond donors (Lipinski definition) is 1. The molecule has 1 amide bonds. The average molecular weight is 477 g/mol. The zero-order chi connectivity index (χ0) is 23.1. The van der Waals surface area contributed by atoms with Crippen LogP contribution in [0.3, 0.4) is 0 Å². The van der Waals surface area contributed by atoms with Crippen molar-refractivity contribution < 1.29 is 4.79 Å². The molecule has 0 radical (unpaired) electrons. The number of fused-ring (bicyclic) bond motifs is 2. The Hall–Kier alpha value is -2.97. The third-order valence-corrected chi connectivity index (χ3v) is 8.05. The van der Waals surface area contributed by atoms with E-state index >= 15 is 0 Å². The van der Waals surface area contributed by atoms with E-state index in [0.29, 0.717) is 17.3 Å². The number of thioether (sulfide) groups is 1. The Bertz CT molecular complexity index is 1420. The van der Waals surface area contributed by atoms with Crippen molar-refractivity contribution in [1.29, 1.82) is 0 Å². The van der Waals surface area contributed by atoms with Gasteiger partial charge in [0, 0.05) is 34.7 Å². The third kappa shape index (κ3) is 4.20. The van der Waals surface area contributed by atoms with Gasteiger partial charge >= 0.3 is 0 Å². The molecule has 0 saturated carbocycles. The minimum absolute atomic E-state index is 0.0156. The molecule has 0 spiro atoms. The first kappa shape index (κ1) is 21.9. The number of anilines is 1. The lowest BCUT2D eigenvalue weighted by molar-refractivity contribution is -0.116. The van der Waals surface area contributed by atoms with E-state index < -0.39 is 0 Å². The summed E-state index contributed by atoms with van der Waals surface area (Å²) in [7, 11) is 0. The first-order valence-electron chi connectivity index (χ1n) is 10.9.